The molecule has 116 valence electrons. The summed E-state index contributed by atoms with van der Waals surface area (Å²) in [5.41, 5.74) is 2.86. The van der Waals surface area contributed by atoms with Crippen LogP contribution in [0.25, 0.3) is 0 Å². The Bertz CT molecular complexity index is 462. The van der Waals surface area contributed by atoms with E-state index in [1.54, 1.807) is 0 Å². The molecule has 3 heteroatoms. The average Bonchev–Trinajstić information content (AvgIpc) is 2.47. The van der Waals surface area contributed by atoms with Gasteiger partial charge in [-0.2, -0.15) is 0 Å². The molecule has 3 nitrogen and oxygen atoms in total. The van der Waals surface area contributed by atoms with Gasteiger partial charge < -0.3 is 14.8 Å². The third kappa shape index (κ3) is 3.47. The van der Waals surface area contributed by atoms with Crippen LogP contribution in [0.3, 0.4) is 0 Å². The summed E-state index contributed by atoms with van der Waals surface area (Å²) in [4.78, 5) is 0. The molecular formula is C18H27NO2. The van der Waals surface area contributed by atoms with Crippen molar-refractivity contribution in [2.75, 3.05) is 26.9 Å². The van der Waals surface area contributed by atoms with Gasteiger partial charge in [-0.25, -0.2) is 0 Å². The summed E-state index contributed by atoms with van der Waals surface area (Å²) in [6.45, 7) is 4.78. The van der Waals surface area contributed by atoms with Crippen molar-refractivity contribution in [2.24, 2.45) is 0 Å². The van der Waals surface area contributed by atoms with Crippen LogP contribution in [0.5, 0.6) is 0 Å². The minimum Gasteiger partial charge on any atom is -0.381 e. The van der Waals surface area contributed by atoms with Crippen molar-refractivity contribution in [3.05, 3.63) is 35.4 Å². The number of hydrogen-bond acceptors (Lipinski definition) is 3. The Hall–Kier alpha value is -0.900. The normalized spacial score (nSPS) is 28.1. The number of benzene rings is 1. The molecule has 0 spiro atoms. The van der Waals surface area contributed by atoms with Crippen LogP contribution < -0.4 is 5.32 Å². The lowest BCUT2D eigenvalue weighted by atomic mass is 9.75. The molecule has 1 aromatic rings. The van der Waals surface area contributed by atoms with E-state index in [2.05, 4.69) is 36.5 Å². The molecule has 0 unspecified atom stereocenters. The molecule has 0 bridgehead atoms. The van der Waals surface area contributed by atoms with Crippen molar-refractivity contribution in [1.82, 2.24) is 5.32 Å². The van der Waals surface area contributed by atoms with E-state index in [-0.39, 0.29) is 5.60 Å². The summed E-state index contributed by atoms with van der Waals surface area (Å²) in [5, 5.41) is 3.71. The molecule has 3 rings (SSSR count). The summed E-state index contributed by atoms with van der Waals surface area (Å²) in [6.07, 6.45) is 4.51. The van der Waals surface area contributed by atoms with Crippen molar-refractivity contribution in [1.29, 1.82) is 0 Å². The molecule has 21 heavy (non-hydrogen) atoms. The van der Waals surface area contributed by atoms with Crippen molar-refractivity contribution in [3.63, 3.8) is 0 Å². The maximum absolute atomic E-state index is 5.78. The lowest BCUT2D eigenvalue weighted by Crippen LogP contribution is -2.51. The molecule has 2 fully saturated rings. The second-order valence-electron chi connectivity index (χ2n) is 6.66. The zero-order valence-corrected chi connectivity index (χ0v) is 13.2. The Morgan fingerprint density at radius 3 is 2.71 bits per heavy atom. The Kier molecular flexibility index (Phi) is 4.63. The first-order valence-corrected chi connectivity index (χ1v) is 8.14. The number of ether oxygens (including phenoxy) is 2. The van der Waals surface area contributed by atoms with E-state index in [0.29, 0.717) is 6.04 Å². The van der Waals surface area contributed by atoms with Gasteiger partial charge in [0.25, 0.3) is 0 Å². The highest BCUT2D eigenvalue weighted by molar-refractivity contribution is 5.27. The summed E-state index contributed by atoms with van der Waals surface area (Å²) >= 11 is 0. The molecule has 2 aliphatic rings. The zero-order chi connectivity index (χ0) is 14.7. The minimum absolute atomic E-state index is 0.00727. The molecule has 0 amide bonds. The van der Waals surface area contributed by atoms with Crippen molar-refractivity contribution in [3.8, 4) is 0 Å². The predicted octanol–water partition coefficient (Wildman–Crippen LogP) is 3.03. The Balaban J connectivity index is 1.46. The molecule has 0 radical (unpaired) electrons. The van der Waals surface area contributed by atoms with Gasteiger partial charge in [-0.05, 0) is 31.2 Å². The van der Waals surface area contributed by atoms with E-state index in [0.717, 1.165) is 38.5 Å². The lowest BCUT2D eigenvalue weighted by molar-refractivity contribution is -0.0897. The first kappa shape index (κ1) is 15.0. The SMILES string of the molecule is COC1(CNC2CC(c3cccc(C)c3)C2)CCOCC1. The highest BCUT2D eigenvalue weighted by Gasteiger charge is 2.36. The van der Waals surface area contributed by atoms with E-state index >= 15 is 0 Å². The standard InChI is InChI=1S/C18H27NO2/c1-14-4-3-5-15(10-14)16-11-17(12-16)19-13-18(20-2)6-8-21-9-7-18/h3-5,10,16-17,19H,6-9,11-13H2,1-2H3. The van der Waals surface area contributed by atoms with Crippen LogP contribution in [-0.4, -0.2) is 38.5 Å². The molecule has 1 N–H and O–H groups in total. The fourth-order valence-electron chi connectivity index (χ4n) is 3.51. The highest BCUT2D eigenvalue weighted by Crippen LogP contribution is 2.37. The van der Waals surface area contributed by atoms with Gasteiger partial charge in [-0.3, -0.25) is 0 Å². The van der Waals surface area contributed by atoms with Crippen LogP contribution in [0, 0.1) is 6.92 Å². The predicted molar refractivity (Wildman–Crippen MR) is 84.7 cm³/mol. The number of rotatable bonds is 5. The van der Waals surface area contributed by atoms with Crippen LogP contribution in [0.15, 0.2) is 24.3 Å². The van der Waals surface area contributed by atoms with E-state index in [1.165, 1.54) is 24.0 Å². The van der Waals surface area contributed by atoms with Gasteiger partial charge in [0.1, 0.15) is 0 Å². The van der Waals surface area contributed by atoms with Gasteiger partial charge in [0, 0.05) is 45.8 Å². The quantitative estimate of drug-likeness (QED) is 0.904. The Morgan fingerprint density at radius 2 is 2.05 bits per heavy atom. The molecule has 1 aliphatic heterocycles. The molecule has 0 atom stereocenters. The minimum atomic E-state index is -0.00727. The molecule has 1 aromatic carbocycles. The number of methoxy groups -OCH3 is 1. The van der Waals surface area contributed by atoms with Gasteiger partial charge in [-0.15, -0.1) is 0 Å². The topological polar surface area (TPSA) is 30.5 Å². The molecule has 1 saturated carbocycles. The number of aryl methyl sites for hydroxylation is 1. The maximum atomic E-state index is 5.78. The molecule has 1 saturated heterocycles. The summed E-state index contributed by atoms with van der Waals surface area (Å²) in [5.74, 6) is 0.732. The highest BCUT2D eigenvalue weighted by atomic mass is 16.5. The second-order valence-corrected chi connectivity index (χ2v) is 6.66. The summed E-state index contributed by atoms with van der Waals surface area (Å²) in [6, 6.07) is 9.59. The Labute approximate surface area is 128 Å². The first-order valence-electron chi connectivity index (χ1n) is 8.14. The van der Waals surface area contributed by atoms with Gasteiger partial charge >= 0.3 is 0 Å². The van der Waals surface area contributed by atoms with Crippen molar-refractivity contribution < 1.29 is 9.47 Å². The third-order valence-electron chi connectivity index (χ3n) is 5.20. The van der Waals surface area contributed by atoms with Crippen LogP contribution in [0.1, 0.15) is 42.7 Å². The Morgan fingerprint density at radius 1 is 1.29 bits per heavy atom. The van der Waals surface area contributed by atoms with Crippen LogP contribution >= 0.6 is 0 Å². The van der Waals surface area contributed by atoms with Gasteiger partial charge in [0.2, 0.25) is 0 Å². The van der Waals surface area contributed by atoms with E-state index in [4.69, 9.17) is 9.47 Å². The molecule has 1 heterocycles. The number of nitrogens with one attached hydrogen (secondary N) is 1. The second kappa shape index (κ2) is 6.47. The zero-order valence-electron chi connectivity index (χ0n) is 13.2. The van der Waals surface area contributed by atoms with Gasteiger partial charge in [0.05, 0.1) is 5.60 Å². The van der Waals surface area contributed by atoms with Crippen molar-refractivity contribution in [2.45, 2.75) is 50.2 Å². The number of hydrogen-bond donors (Lipinski definition) is 1. The van der Waals surface area contributed by atoms with E-state index in [1.807, 2.05) is 7.11 Å². The van der Waals surface area contributed by atoms with Crippen molar-refractivity contribution >= 4 is 0 Å². The molecule has 0 aromatic heterocycles. The first-order chi connectivity index (χ1) is 10.2. The summed E-state index contributed by atoms with van der Waals surface area (Å²) < 4.78 is 11.2. The van der Waals surface area contributed by atoms with Crippen LogP contribution in [0.2, 0.25) is 0 Å². The monoisotopic (exact) mass is 289 g/mol. The van der Waals surface area contributed by atoms with Crippen LogP contribution in [0.4, 0.5) is 0 Å². The summed E-state index contributed by atoms with van der Waals surface area (Å²) in [7, 11) is 1.84. The fourth-order valence-corrected chi connectivity index (χ4v) is 3.51. The molecule has 1 aliphatic carbocycles. The van der Waals surface area contributed by atoms with Crippen LogP contribution in [-0.2, 0) is 9.47 Å². The van der Waals surface area contributed by atoms with Gasteiger partial charge in [0.15, 0.2) is 0 Å². The smallest absolute Gasteiger partial charge is 0.0846 e. The van der Waals surface area contributed by atoms with E-state index in [9.17, 15) is 0 Å². The average molecular weight is 289 g/mol. The lowest BCUT2D eigenvalue weighted by Gasteiger charge is -2.41. The van der Waals surface area contributed by atoms with E-state index < -0.39 is 0 Å². The largest absolute Gasteiger partial charge is 0.381 e. The van der Waals surface area contributed by atoms with Gasteiger partial charge in [-0.1, -0.05) is 29.8 Å². The maximum Gasteiger partial charge on any atom is 0.0846 e. The fraction of sp³-hybridized carbons (Fsp3) is 0.667. The molecular weight excluding hydrogens is 262 g/mol. The third-order valence-corrected chi connectivity index (χ3v) is 5.20.